The topological polar surface area (TPSA) is 79.0 Å². The smallest absolute Gasteiger partial charge is 0.175 e. The van der Waals surface area contributed by atoms with E-state index in [1.54, 1.807) is 23.0 Å². The first kappa shape index (κ1) is 30.4. The molecule has 7 rings (SSSR count). The van der Waals surface area contributed by atoms with Crippen molar-refractivity contribution in [3.63, 3.8) is 0 Å². The summed E-state index contributed by atoms with van der Waals surface area (Å²) in [5.41, 5.74) is 7.81. The fraction of sp³-hybridized carbons (Fsp3) is 0.179. The highest BCUT2D eigenvalue weighted by atomic mass is 32.2. The van der Waals surface area contributed by atoms with Crippen LogP contribution in [0, 0.1) is 13.8 Å². The molecule has 47 heavy (non-hydrogen) atoms. The molecule has 236 valence electrons. The molecule has 0 radical (unpaired) electrons. The number of fused-ring (bicyclic) bond motifs is 3. The molecule has 0 aliphatic heterocycles. The zero-order valence-electron chi connectivity index (χ0n) is 27.3. The summed E-state index contributed by atoms with van der Waals surface area (Å²) >= 11 is 0. The van der Waals surface area contributed by atoms with Crippen LogP contribution in [0.2, 0.25) is 0 Å². The molecule has 4 aromatic carbocycles. The standard InChI is InChI=1S/C39H36N4O3S/c1-25-18-32(47(6,44)45)19-26(2)38(25)27-23-41-42(24-27)29-10-9-11-30(21-29)46-31-14-15-34-33-12-7-8-13-35(33)43(36(34)22-31)37-20-28(16-17-40-37)39(3,4)5/h7-24H,1-6H3. The van der Waals surface area contributed by atoms with Crippen LogP contribution >= 0.6 is 0 Å². The van der Waals surface area contributed by atoms with E-state index < -0.39 is 9.84 Å². The molecule has 8 heteroatoms. The van der Waals surface area contributed by atoms with Crippen LogP contribution in [0.3, 0.4) is 0 Å². The van der Waals surface area contributed by atoms with Crippen LogP contribution in [0.1, 0.15) is 37.5 Å². The summed E-state index contributed by atoms with van der Waals surface area (Å²) in [5, 5.41) is 6.92. The summed E-state index contributed by atoms with van der Waals surface area (Å²) in [6.07, 6.45) is 6.88. The van der Waals surface area contributed by atoms with E-state index in [2.05, 4.69) is 79.0 Å². The zero-order valence-corrected chi connectivity index (χ0v) is 28.1. The molecule has 0 unspecified atom stereocenters. The monoisotopic (exact) mass is 640 g/mol. The zero-order chi connectivity index (χ0) is 33.1. The Morgan fingerprint density at radius 3 is 2.23 bits per heavy atom. The third-order valence-corrected chi connectivity index (χ3v) is 9.70. The van der Waals surface area contributed by atoms with Gasteiger partial charge in [-0.25, -0.2) is 18.1 Å². The second kappa shape index (κ2) is 11.2. The second-order valence-electron chi connectivity index (χ2n) is 13.2. The predicted octanol–water partition coefficient (Wildman–Crippen LogP) is 9.14. The van der Waals surface area contributed by atoms with E-state index in [0.717, 1.165) is 55.6 Å². The van der Waals surface area contributed by atoms with Gasteiger partial charge in [0.15, 0.2) is 9.84 Å². The molecule has 7 aromatic rings. The van der Waals surface area contributed by atoms with Crippen LogP contribution in [0.15, 0.2) is 114 Å². The second-order valence-corrected chi connectivity index (χ2v) is 15.2. The minimum Gasteiger partial charge on any atom is -0.457 e. The van der Waals surface area contributed by atoms with Crippen molar-refractivity contribution in [2.75, 3.05) is 6.26 Å². The van der Waals surface area contributed by atoms with Crippen LogP contribution in [-0.4, -0.2) is 34.0 Å². The number of pyridine rings is 1. The Bertz CT molecular complexity index is 2410. The molecule has 0 aliphatic carbocycles. The van der Waals surface area contributed by atoms with E-state index in [0.29, 0.717) is 16.4 Å². The Labute approximate surface area is 275 Å². The molecule has 0 atom stereocenters. The first-order valence-corrected chi connectivity index (χ1v) is 17.4. The summed E-state index contributed by atoms with van der Waals surface area (Å²) in [5.74, 6) is 2.26. The van der Waals surface area contributed by atoms with Gasteiger partial charge in [0.25, 0.3) is 0 Å². The molecule has 3 aromatic heterocycles. The Hall–Kier alpha value is -5.21. The number of rotatable bonds is 6. The third-order valence-electron chi connectivity index (χ3n) is 8.61. The molecule has 0 amide bonds. The Kier molecular flexibility index (Phi) is 7.28. The van der Waals surface area contributed by atoms with Gasteiger partial charge in [-0.1, -0.05) is 45.0 Å². The van der Waals surface area contributed by atoms with E-state index >= 15 is 0 Å². The molecule has 3 heterocycles. The van der Waals surface area contributed by atoms with Gasteiger partial charge in [-0.3, -0.25) is 4.57 Å². The Balaban J connectivity index is 1.24. The molecule has 0 saturated carbocycles. The number of ether oxygens (including phenoxy) is 1. The largest absolute Gasteiger partial charge is 0.457 e. The molecule has 0 saturated heterocycles. The minimum atomic E-state index is -3.30. The van der Waals surface area contributed by atoms with E-state index in [-0.39, 0.29) is 5.41 Å². The minimum absolute atomic E-state index is 0.00833. The first-order valence-electron chi connectivity index (χ1n) is 15.5. The molecular weight excluding hydrogens is 605 g/mol. The van der Waals surface area contributed by atoms with E-state index in [9.17, 15) is 8.42 Å². The highest BCUT2D eigenvalue weighted by Crippen LogP contribution is 2.36. The average Bonchev–Trinajstić information content (AvgIpc) is 3.63. The number of hydrogen-bond acceptors (Lipinski definition) is 5. The maximum atomic E-state index is 12.1. The van der Waals surface area contributed by atoms with Gasteiger partial charge >= 0.3 is 0 Å². The van der Waals surface area contributed by atoms with Crippen molar-refractivity contribution in [1.82, 2.24) is 19.3 Å². The summed E-state index contributed by atoms with van der Waals surface area (Å²) in [6, 6.07) is 30.1. The number of benzene rings is 4. The summed E-state index contributed by atoms with van der Waals surface area (Å²) in [7, 11) is -3.30. The van der Waals surface area contributed by atoms with Crippen molar-refractivity contribution in [3.8, 4) is 34.1 Å². The summed E-state index contributed by atoms with van der Waals surface area (Å²) in [6.45, 7) is 10.5. The molecule has 7 nitrogen and oxygen atoms in total. The molecule has 0 spiro atoms. The van der Waals surface area contributed by atoms with Gasteiger partial charge < -0.3 is 4.74 Å². The van der Waals surface area contributed by atoms with Crippen LogP contribution in [0.25, 0.3) is 44.4 Å². The lowest BCUT2D eigenvalue weighted by atomic mass is 9.88. The van der Waals surface area contributed by atoms with E-state index in [1.165, 1.54) is 11.8 Å². The van der Waals surface area contributed by atoms with Gasteiger partial charge in [-0.2, -0.15) is 5.10 Å². The molecule has 0 fully saturated rings. The van der Waals surface area contributed by atoms with Gasteiger partial charge in [0.05, 0.1) is 27.8 Å². The normalized spacial score (nSPS) is 12.2. The van der Waals surface area contributed by atoms with Crippen molar-refractivity contribution in [1.29, 1.82) is 0 Å². The molecule has 0 aliphatic rings. The number of nitrogens with zero attached hydrogens (tertiary/aromatic N) is 4. The van der Waals surface area contributed by atoms with Crippen molar-refractivity contribution < 1.29 is 13.2 Å². The quantitative estimate of drug-likeness (QED) is 0.181. The lowest BCUT2D eigenvalue weighted by Gasteiger charge is -2.20. The lowest BCUT2D eigenvalue weighted by molar-refractivity contribution is 0.483. The van der Waals surface area contributed by atoms with Crippen LogP contribution in [0.4, 0.5) is 0 Å². The number of para-hydroxylation sites is 1. The van der Waals surface area contributed by atoms with Crippen molar-refractivity contribution in [2.24, 2.45) is 0 Å². The molecular formula is C39H36N4O3S. The van der Waals surface area contributed by atoms with Crippen molar-refractivity contribution >= 4 is 31.6 Å². The van der Waals surface area contributed by atoms with Crippen molar-refractivity contribution in [3.05, 3.63) is 126 Å². The van der Waals surface area contributed by atoms with E-state index in [4.69, 9.17) is 9.72 Å². The maximum absolute atomic E-state index is 12.1. The third kappa shape index (κ3) is 5.70. The molecule has 0 N–H and O–H groups in total. The van der Waals surface area contributed by atoms with Crippen LogP contribution in [0.5, 0.6) is 11.5 Å². The summed E-state index contributed by atoms with van der Waals surface area (Å²) < 4.78 is 34.7. The Morgan fingerprint density at radius 2 is 1.49 bits per heavy atom. The highest BCUT2D eigenvalue weighted by Gasteiger charge is 2.19. The van der Waals surface area contributed by atoms with Crippen LogP contribution < -0.4 is 4.74 Å². The SMILES string of the molecule is Cc1cc(S(C)(=O)=O)cc(C)c1-c1cnn(-c2cccc(Oc3ccc4c5ccccc5n(-c5cc(C(C)(C)C)ccn5)c4c3)c2)c1. The van der Waals surface area contributed by atoms with Gasteiger partial charge in [-0.15, -0.1) is 0 Å². The van der Waals surface area contributed by atoms with E-state index in [1.807, 2.05) is 56.6 Å². The first-order chi connectivity index (χ1) is 22.4. The number of aromatic nitrogens is 4. The van der Waals surface area contributed by atoms with Gasteiger partial charge in [0.2, 0.25) is 0 Å². The summed E-state index contributed by atoms with van der Waals surface area (Å²) in [4.78, 5) is 5.11. The van der Waals surface area contributed by atoms with Gasteiger partial charge in [-0.05, 0) is 96.1 Å². The predicted molar refractivity (Wildman–Crippen MR) is 189 cm³/mol. The fourth-order valence-corrected chi connectivity index (χ4v) is 7.06. The molecule has 0 bridgehead atoms. The fourth-order valence-electron chi connectivity index (χ4n) is 6.28. The van der Waals surface area contributed by atoms with Crippen LogP contribution in [-0.2, 0) is 15.3 Å². The highest BCUT2D eigenvalue weighted by molar-refractivity contribution is 7.90. The van der Waals surface area contributed by atoms with Crippen molar-refractivity contribution in [2.45, 2.75) is 44.9 Å². The number of hydrogen-bond donors (Lipinski definition) is 0. The maximum Gasteiger partial charge on any atom is 0.175 e. The Morgan fingerprint density at radius 1 is 0.766 bits per heavy atom. The average molecular weight is 641 g/mol. The van der Waals surface area contributed by atoms with Gasteiger partial charge in [0, 0.05) is 47.1 Å². The number of sulfone groups is 1. The lowest BCUT2D eigenvalue weighted by Crippen LogP contribution is -2.12. The number of aryl methyl sites for hydroxylation is 2. The van der Waals surface area contributed by atoms with Gasteiger partial charge in [0.1, 0.15) is 17.3 Å².